The van der Waals surface area contributed by atoms with Gasteiger partial charge >= 0.3 is 0 Å². The molecule has 0 bridgehead atoms. The Labute approximate surface area is 164 Å². The summed E-state index contributed by atoms with van der Waals surface area (Å²) < 4.78 is 5.95. The number of piperazine rings is 1. The number of hydrogen-bond donors (Lipinski definition) is 2. The van der Waals surface area contributed by atoms with Gasteiger partial charge in [-0.15, -0.1) is 0 Å². The molecule has 1 aliphatic rings. The van der Waals surface area contributed by atoms with Crippen molar-refractivity contribution in [3.05, 3.63) is 45.8 Å². The number of H-pyrrole nitrogens is 1. The summed E-state index contributed by atoms with van der Waals surface area (Å²) in [4.78, 5) is 16.4. The number of aromatic nitrogens is 2. The Kier molecular flexibility index (Phi) is 6.58. The number of para-hydroxylation sites is 2. The molecule has 27 heavy (non-hydrogen) atoms. The summed E-state index contributed by atoms with van der Waals surface area (Å²) in [6.45, 7) is 9.44. The van der Waals surface area contributed by atoms with E-state index in [0.717, 1.165) is 44.2 Å². The van der Waals surface area contributed by atoms with Gasteiger partial charge in [0.1, 0.15) is 11.4 Å². The third-order valence-electron chi connectivity index (χ3n) is 4.46. The molecule has 1 aromatic heterocycles. The fourth-order valence-corrected chi connectivity index (χ4v) is 3.30. The minimum atomic E-state index is -0.258. The van der Waals surface area contributed by atoms with Crippen molar-refractivity contribution in [1.29, 1.82) is 0 Å². The highest BCUT2D eigenvalue weighted by atomic mass is 35.5. The monoisotopic (exact) mass is 391 g/mol. The van der Waals surface area contributed by atoms with Crippen molar-refractivity contribution in [1.82, 2.24) is 15.1 Å². The molecule has 0 unspecified atom stereocenters. The van der Waals surface area contributed by atoms with Gasteiger partial charge in [-0.3, -0.25) is 9.69 Å². The molecule has 3 rings (SSSR count). The lowest BCUT2D eigenvalue weighted by Gasteiger charge is -2.37. The Balaban J connectivity index is 1.49. The Morgan fingerprint density at radius 3 is 2.74 bits per heavy atom. The quantitative estimate of drug-likeness (QED) is 0.755. The third-order valence-corrected chi connectivity index (χ3v) is 4.65. The maximum absolute atomic E-state index is 11.7. The zero-order valence-electron chi connectivity index (χ0n) is 15.7. The van der Waals surface area contributed by atoms with Crippen molar-refractivity contribution >= 4 is 23.0 Å². The summed E-state index contributed by atoms with van der Waals surface area (Å²) in [6, 6.07) is 9.76. The van der Waals surface area contributed by atoms with Crippen molar-refractivity contribution < 1.29 is 4.74 Å². The molecule has 0 saturated carbocycles. The van der Waals surface area contributed by atoms with Crippen molar-refractivity contribution in [2.24, 2.45) is 0 Å². The van der Waals surface area contributed by atoms with Crippen LogP contribution in [0.2, 0.25) is 5.15 Å². The number of ether oxygens (including phenoxy) is 1. The van der Waals surface area contributed by atoms with Crippen molar-refractivity contribution in [3.8, 4) is 5.75 Å². The van der Waals surface area contributed by atoms with E-state index in [-0.39, 0.29) is 16.8 Å². The van der Waals surface area contributed by atoms with E-state index < -0.39 is 0 Å². The van der Waals surface area contributed by atoms with Crippen LogP contribution in [-0.2, 0) is 0 Å². The van der Waals surface area contributed by atoms with Gasteiger partial charge in [0.25, 0.3) is 5.56 Å². The van der Waals surface area contributed by atoms with Crippen LogP contribution >= 0.6 is 11.6 Å². The van der Waals surface area contributed by atoms with Gasteiger partial charge < -0.3 is 15.0 Å². The highest BCUT2D eigenvalue weighted by molar-refractivity contribution is 6.29. The highest BCUT2D eigenvalue weighted by Crippen LogP contribution is 2.29. The molecule has 1 aliphatic heterocycles. The number of benzene rings is 1. The number of rotatable bonds is 7. The van der Waals surface area contributed by atoms with Gasteiger partial charge in [-0.25, -0.2) is 5.10 Å². The topological polar surface area (TPSA) is 73.5 Å². The molecule has 1 fully saturated rings. The lowest BCUT2D eigenvalue weighted by molar-refractivity contribution is 0.239. The summed E-state index contributed by atoms with van der Waals surface area (Å²) in [5, 5.41) is 9.43. The average molecular weight is 392 g/mol. The highest BCUT2D eigenvalue weighted by Gasteiger charge is 2.19. The van der Waals surface area contributed by atoms with E-state index in [1.165, 1.54) is 0 Å². The van der Waals surface area contributed by atoms with Gasteiger partial charge in [-0.05, 0) is 26.0 Å². The Hall–Kier alpha value is -2.25. The van der Waals surface area contributed by atoms with Crippen LogP contribution in [-0.4, -0.2) is 60.5 Å². The van der Waals surface area contributed by atoms with E-state index in [2.05, 4.69) is 37.4 Å². The smallest absolute Gasteiger partial charge is 0.287 e. The molecule has 0 spiro atoms. The van der Waals surface area contributed by atoms with Crippen LogP contribution in [0.5, 0.6) is 5.75 Å². The van der Waals surface area contributed by atoms with Crippen LogP contribution in [0, 0.1) is 0 Å². The molecule has 0 amide bonds. The molecule has 0 radical (unpaired) electrons. The van der Waals surface area contributed by atoms with E-state index in [1.807, 2.05) is 26.0 Å². The average Bonchev–Trinajstić information content (AvgIpc) is 2.65. The summed E-state index contributed by atoms with van der Waals surface area (Å²) in [5.74, 6) is 0.941. The molecule has 1 aromatic carbocycles. The Morgan fingerprint density at radius 1 is 1.26 bits per heavy atom. The summed E-state index contributed by atoms with van der Waals surface area (Å²) >= 11 is 5.82. The van der Waals surface area contributed by atoms with E-state index in [1.54, 1.807) is 6.07 Å². The maximum atomic E-state index is 11.7. The number of nitrogens with one attached hydrogen (secondary N) is 2. The second-order valence-electron chi connectivity index (χ2n) is 6.82. The van der Waals surface area contributed by atoms with Crippen LogP contribution in [0.15, 0.2) is 35.1 Å². The van der Waals surface area contributed by atoms with E-state index in [4.69, 9.17) is 16.3 Å². The summed E-state index contributed by atoms with van der Waals surface area (Å²) in [5.41, 5.74) is 1.35. The second kappa shape index (κ2) is 9.10. The number of halogens is 1. The van der Waals surface area contributed by atoms with Gasteiger partial charge in [0.2, 0.25) is 0 Å². The van der Waals surface area contributed by atoms with Gasteiger partial charge in [-0.2, -0.15) is 5.10 Å². The lowest BCUT2D eigenvalue weighted by atomic mass is 10.2. The molecule has 1 saturated heterocycles. The molecule has 7 nitrogen and oxygen atoms in total. The van der Waals surface area contributed by atoms with E-state index in [9.17, 15) is 4.79 Å². The van der Waals surface area contributed by atoms with E-state index >= 15 is 0 Å². The molecule has 2 aromatic rings. The first-order chi connectivity index (χ1) is 13.0. The summed E-state index contributed by atoms with van der Waals surface area (Å²) in [6.07, 6.45) is 0.156. The molecular formula is C19H26ClN5O2. The second-order valence-corrected chi connectivity index (χ2v) is 7.21. The van der Waals surface area contributed by atoms with Crippen molar-refractivity contribution in [3.63, 3.8) is 0 Å². The van der Waals surface area contributed by atoms with Crippen molar-refractivity contribution in [2.45, 2.75) is 20.0 Å². The fourth-order valence-electron chi connectivity index (χ4n) is 3.15. The molecule has 2 N–H and O–H groups in total. The largest absolute Gasteiger partial charge is 0.489 e. The molecule has 2 heterocycles. The number of nitrogens with zero attached hydrogens (tertiary/aromatic N) is 3. The SMILES string of the molecule is CC(C)Oc1ccccc1N1CCN(CCNc2cc(Cl)n[nH]c2=O)CC1. The number of hydrogen-bond acceptors (Lipinski definition) is 6. The standard InChI is InChI=1S/C19H26ClN5O2/c1-14(2)27-17-6-4-3-5-16(17)25-11-9-24(10-12-25)8-7-21-15-13-18(20)22-23-19(15)26/h3-6,13-14H,7-12H2,1-2H3,(H,21,22)(H,23,26). The predicted octanol–water partition coefficient (Wildman–Crippen LogP) is 2.44. The van der Waals surface area contributed by atoms with Crippen LogP contribution in [0.3, 0.4) is 0 Å². The van der Waals surface area contributed by atoms with Crippen LogP contribution in [0.4, 0.5) is 11.4 Å². The number of anilines is 2. The van der Waals surface area contributed by atoms with Crippen LogP contribution in [0.25, 0.3) is 0 Å². The van der Waals surface area contributed by atoms with Crippen molar-refractivity contribution in [2.75, 3.05) is 49.5 Å². The Morgan fingerprint density at radius 2 is 2.00 bits per heavy atom. The first kappa shape index (κ1) is 19.5. The first-order valence-corrected chi connectivity index (χ1v) is 9.63. The van der Waals surface area contributed by atoms with E-state index in [0.29, 0.717) is 12.2 Å². The Bertz CT molecular complexity index is 803. The van der Waals surface area contributed by atoms with Crippen LogP contribution < -0.4 is 20.5 Å². The zero-order chi connectivity index (χ0) is 19.2. The minimum Gasteiger partial charge on any atom is -0.489 e. The molecule has 0 aliphatic carbocycles. The molecule has 0 atom stereocenters. The fraction of sp³-hybridized carbons (Fsp3) is 0.474. The minimum absolute atomic E-state index is 0.156. The van der Waals surface area contributed by atoms with Gasteiger partial charge in [0, 0.05) is 45.3 Å². The molecular weight excluding hydrogens is 366 g/mol. The van der Waals surface area contributed by atoms with Gasteiger partial charge in [-0.1, -0.05) is 23.7 Å². The normalized spacial score (nSPS) is 15.2. The van der Waals surface area contributed by atoms with Gasteiger partial charge in [0.15, 0.2) is 5.15 Å². The zero-order valence-corrected chi connectivity index (χ0v) is 16.5. The van der Waals surface area contributed by atoms with Gasteiger partial charge in [0.05, 0.1) is 11.8 Å². The maximum Gasteiger partial charge on any atom is 0.287 e. The molecule has 8 heteroatoms. The first-order valence-electron chi connectivity index (χ1n) is 9.25. The number of aromatic amines is 1. The molecule has 146 valence electrons. The van der Waals surface area contributed by atoms with Crippen LogP contribution in [0.1, 0.15) is 13.8 Å². The third kappa shape index (κ3) is 5.37. The summed E-state index contributed by atoms with van der Waals surface area (Å²) in [7, 11) is 0. The predicted molar refractivity (Wildman–Crippen MR) is 109 cm³/mol. The lowest BCUT2D eigenvalue weighted by Crippen LogP contribution is -2.47.